The first-order valence-corrected chi connectivity index (χ1v) is 5.31. The zero-order valence-electron chi connectivity index (χ0n) is 9.51. The number of amidine groups is 1. The fourth-order valence-electron chi connectivity index (χ4n) is 1.81. The smallest absolute Gasteiger partial charge is 0.174 e. The number of aryl methyl sites for hydroxylation is 1. The minimum Gasteiger partial charge on any atom is -0.409 e. The maximum atomic E-state index is 8.79. The van der Waals surface area contributed by atoms with E-state index in [0.29, 0.717) is 6.04 Å². The molecule has 1 saturated carbocycles. The van der Waals surface area contributed by atoms with Crippen molar-refractivity contribution >= 4 is 11.7 Å². The number of hydrogen-bond acceptors (Lipinski definition) is 4. The van der Waals surface area contributed by atoms with Crippen LogP contribution in [0.1, 0.15) is 24.0 Å². The predicted octanol–water partition coefficient (Wildman–Crippen LogP) is 1.08. The fourth-order valence-corrected chi connectivity index (χ4v) is 1.81. The molecule has 0 aromatic carbocycles. The summed E-state index contributed by atoms with van der Waals surface area (Å²) < 4.78 is 0. The highest BCUT2D eigenvalue weighted by Gasteiger charge is 2.29. The number of nitrogens with zero attached hydrogens (tertiary/aromatic N) is 3. The number of rotatable bonds is 3. The number of oxime groups is 1. The lowest BCUT2D eigenvalue weighted by Crippen LogP contribution is -2.26. The Hall–Kier alpha value is -1.78. The molecular formula is C11H16N4O. The third-order valence-electron chi connectivity index (χ3n) is 2.93. The van der Waals surface area contributed by atoms with Crippen LogP contribution >= 0.6 is 0 Å². The molecule has 1 aliphatic rings. The normalized spacial score (nSPS) is 16.2. The first-order valence-electron chi connectivity index (χ1n) is 5.31. The van der Waals surface area contributed by atoms with E-state index in [2.05, 4.69) is 15.0 Å². The molecule has 1 aromatic rings. The molecule has 16 heavy (non-hydrogen) atoms. The Morgan fingerprint density at radius 1 is 1.62 bits per heavy atom. The average Bonchev–Trinajstić information content (AvgIpc) is 3.10. The summed E-state index contributed by atoms with van der Waals surface area (Å²) in [5, 5.41) is 11.9. The molecule has 1 aliphatic carbocycles. The van der Waals surface area contributed by atoms with Crippen molar-refractivity contribution in [2.75, 3.05) is 11.9 Å². The third kappa shape index (κ3) is 1.80. The number of hydrogen-bond donors (Lipinski definition) is 2. The Balaban J connectivity index is 2.46. The van der Waals surface area contributed by atoms with Crippen molar-refractivity contribution in [1.29, 1.82) is 0 Å². The Labute approximate surface area is 94.6 Å². The lowest BCUT2D eigenvalue weighted by molar-refractivity contribution is 0.318. The highest BCUT2D eigenvalue weighted by atomic mass is 16.4. The Bertz CT molecular complexity index is 426. The molecule has 5 nitrogen and oxygen atoms in total. The largest absolute Gasteiger partial charge is 0.409 e. The average molecular weight is 220 g/mol. The van der Waals surface area contributed by atoms with E-state index in [1.165, 1.54) is 12.8 Å². The van der Waals surface area contributed by atoms with Crippen LogP contribution in [-0.4, -0.2) is 29.1 Å². The summed E-state index contributed by atoms with van der Waals surface area (Å²) in [6.45, 7) is 1.93. The molecule has 0 bridgehead atoms. The molecule has 0 unspecified atom stereocenters. The molecule has 0 aliphatic heterocycles. The van der Waals surface area contributed by atoms with Crippen LogP contribution in [-0.2, 0) is 0 Å². The summed E-state index contributed by atoms with van der Waals surface area (Å²) >= 11 is 0. The van der Waals surface area contributed by atoms with Crippen LogP contribution in [0.4, 0.5) is 5.82 Å². The summed E-state index contributed by atoms with van der Waals surface area (Å²) in [6.07, 6.45) is 4.11. The fraction of sp³-hybridized carbons (Fsp3) is 0.455. The second-order valence-corrected chi connectivity index (χ2v) is 4.15. The van der Waals surface area contributed by atoms with E-state index in [1.807, 2.05) is 20.0 Å². The van der Waals surface area contributed by atoms with Gasteiger partial charge < -0.3 is 15.8 Å². The highest BCUT2D eigenvalue weighted by molar-refractivity contribution is 6.02. The minimum atomic E-state index is 0.119. The zero-order valence-corrected chi connectivity index (χ0v) is 9.51. The summed E-state index contributed by atoms with van der Waals surface area (Å²) in [4.78, 5) is 6.42. The van der Waals surface area contributed by atoms with Crippen LogP contribution in [0, 0.1) is 6.92 Å². The highest BCUT2D eigenvalue weighted by Crippen LogP contribution is 2.31. The molecule has 5 heteroatoms. The lowest BCUT2D eigenvalue weighted by Gasteiger charge is -2.21. The third-order valence-corrected chi connectivity index (χ3v) is 2.93. The predicted molar refractivity (Wildman–Crippen MR) is 62.9 cm³/mol. The molecule has 3 N–H and O–H groups in total. The molecule has 0 saturated heterocycles. The van der Waals surface area contributed by atoms with Gasteiger partial charge in [-0.25, -0.2) is 4.98 Å². The van der Waals surface area contributed by atoms with Gasteiger partial charge in [0.1, 0.15) is 5.82 Å². The van der Waals surface area contributed by atoms with Crippen molar-refractivity contribution in [2.45, 2.75) is 25.8 Å². The molecular weight excluding hydrogens is 204 g/mol. The van der Waals surface area contributed by atoms with Crippen LogP contribution < -0.4 is 10.6 Å². The number of aromatic nitrogens is 1. The van der Waals surface area contributed by atoms with Crippen LogP contribution in [0.15, 0.2) is 17.4 Å². The maximum absolute atomic E-state index is 8.79. The van der Waals surface area contributed by atoms with Gasteiger partial charge in [0.15, 0.2) is 5.84 Å². The van der Waals surface area contributed by atoms with E-state index < -0.39 is 0 Å². The first kappa shape index (κ1) is 10.7. The molecule has 2 rings (SSSR count). The van der Waals surface area contributed by atoms with Crippen LogP contribution in [0.5, 0.6) is 0 Å². The standard InChI is InChI=1S/C11H16N4O/c1-7-5-6-13-11(9(7)10(12)14-16)15(2)8-3-4-8/h5-6,8,16H,3-4H2,1-2H3,(H2,12,14). The van der Waals surface area contributed by atoms with E-state index in [0.717, 1.165) is 16.9 Å². The molecule has 0 amide bonds. The molecule has 1 aromatic heterocycles. The van der Waals surface area contributed by atoms with Gasteiger partial charge >= 0.3 is 0 Å². The molecule has 1 fully saturated rings. The van der Waals surface area contributed by atoms with E-state index in [9.17, 15) is 0 Å². The number of anilines is 1. The molecule has 86 valence electrons. The van der Waals surface area contributed by atoms with Crippen molar-refractivity contribution in [3.8, 4) is 0 Å². The van der Waals surface area contributed by atoms with Crippen molar-refractivity contribution < 1.29 is 5.21 Å². The van der Waals surface area contributed by atoms with E-state index in [-0.39, 0.29) is 5.84 Å². The summed E-state index contributed by atoms with van der Waals surface area (Å²) in [7, 11) is 1.99. The molecule has 0 spiro atoms. The Kier molecular flexibility index (Phi) is 2.68. The Morgan fingerprint density at radius 2 is 2.31 bits per heavy atom. The van der Waals surface area contributed by atoms with Gasteiger partial charge in [0.25, 0.3) is 0 Å². The van der Waals surface area contributed by atoms with E-state index in [1.54, 1.807) is 6.20 Å². The zero-order chi connectivity index (χ0) is 11.7. The quantitative estimate of drug-likeness (QED) is 0.346. The summed E-state index contributed by atoms with van der Waals surface area (Å²) in [5.74, 6) is 0.908. The minimum absolute atomic E-state index is 0.119. The van der Waals surface area contributed by atoms with Crippen LogP contribution in [0.25, 0.3) is 0 Å². The first-order chi connectivity index (χ1) is 7.65. The number of nitrogens with two attached hydrogens (primary N) is 1. The lowest BCUT2D eigenvalue weighted by atomic mass is 10.1. The van der Waals surface area contributed by atoms with Crippen molar-refractivity contribution in [3.63, 3.8) is 0 Å². The van der Waals surface area contributed by atoms with E-state index >= 15 is 0 Å². The van der Waals surface area contributed by atoms with Gasteiger partial charge in [-0.05, 0) is 31.4 Å². The van der Waals surface area contributed by atoms with Crippen LogP contribution in [0.3, 0.4) is 0 Å². The van der Waals surface area contributed by atoms with Gasteiger partial charge in [0, 0.05) is 19.3 Å². The van der Waals surface area contributed by atoms with Gasteiger partial charge in [-0.3, -0.25) is 0 Å². The van der Waals surface area contributed by atoms with Gasteiger partial charge in [0.2, 0.25) is 0 Å². The van der Waals surface area contributed by atoms with Gasteiger partial charge in [-0.15, -0.1) is 0 Å². The van der Waals surface area contributed by atoms with Crippen molar-refractivity contribution in [1.82, 2.24) is 4.98 Å². The summed E-state index contributed by atoms with van der Waals surface area (Å²) in [6, 6.07) is 2.40. The molecule has 0 atom stereocenters. The topological polar surface area (TPSA) is 74.7 Å². The van der Waals surface area contributed by atoms with Gasteiger partial charge in [-0.2, -0.15) is 0 Å². The second kappa shape index (κ2) is 4.00. The molecule has 0 radical (unpaired) electrons. The Morgan fingerprint density at radius 3 is 2.88 bits per heavy atom. The SMILES string of the molecule is Cc1ccnc(N(C)C2CC2)c1/C(N)=N/O. The van der Waals surface area contributed by atoms with Crippen molar-refractivity contribution in [3.05, 3.63) is 23.4 Å². The van der Waals surface area contributed by atoms with Crippen molar-refractivity contribution in [2.24, 2.45) is 10.9 Å². The van der Waals surface area contributed by atoms with Gasteiger partial charge in [0.05, 0.1) is 5.56 Å². The molecule has 1 heterocycles. The van der Waals surface area contributed by atoms with Crippen LogP contribution in [0.2, 0.25) is 0 Å². The number of pyridine rings is 1. The second-order valence-electron chi connectivity index (χ2n) is 4.15. The van der Waals surface area contributed by atoms with E-state index in [4.69, 9.17) is 10.9 Å². The summed E-state index contributed by atoms with van der Waals surface area (Å²) in [5.41, 5.74) is 7.37. The maximum Gasteiger partial charge on any atom is 0.174 e. The monoisotopic (exact) mass is 220 g/mol. The van der Waals surface area contributed by atoms with Gasteiger partial charge in [-0.1, -0.05) is 5.16 Å².